The van der Waals surface area contributed by atoms with Gasteiger partial charge >= 0.3 is 0 Å². The van der Waals surface area contributed by atoms with Crippen LogP contribution >= 0.6 is 11.6 Å². The molecule has 60 valence electrons. The van der Waals surface area contributed by atoms with E-state index >= 15 is 0 Å². The Kier molecular flexibility index (Phi) is 0.985. The maximum absolute atomic E-state index is 11.1. The first-order chi connectivity index (χ1) is 10.4. The standard InChI is InChI=1S/C8H15ClO/c1-2-3-4-5-6-7-8(9)10/h2-7H2,1H3/i1D3,2D2,3D2,4D2,5D2,6D2,7D2. The summed E-state index contributed by atoms with van der Waals surface area (Å²) < 4.78 is 111. The van der Waals surface area contributed by atoms with E-state index in [4.69, 9.17) is 32.2 Å². The maximum Gasteiger partial charge on any atom is 0.221 e. The fraction of sp³-hybridized carbons (Fsp3) is 0.875. The summed E-state index contributed by atoms with van der Waals surface area (Å²) in [5.74, 6) is 0. The third-order valence-corrected chi connectivity index (χ3v) is 0.505. The van der Waals surface area contributed by atoms with E-state index in [9.17, 15) is 4.79 Å². The van der Waals surface area contributed by atoms with Gasteiger partial charge in [-0.25, -0.2) is 0 Å². The number of carbonyl (C=O) groups excluding carboxylic acids is 1. The van der Waals surface area contributed by atoms with Crippen LogP contribution in [0.1, 0.15) is 65.7 Å². The van der Waals surface area contributed by atoms with Gasteiger partial charge in [0.05, 0.1) is 0 Å². The van der Waals surface area contributed by atoms with Crippen molar-refractivity contribution in [3.8, 4) is 0 Å². The monoisotopic (exact) mass is 177 g/mol. The van der Waals surface area contributed by atoms with E-state index in [0.717, 1.165) is 0 Å². The van der Waals surface area contributed by atoms with Gasteiger partial charge in [-0.15, -0.1) is 0 Å². The van der Waals surface area contributed by atoms with Crippen molar-refractivity contribution in [2.75, 3.05) is 0 Å². The van der Waals surface area contributed by atoms with Crippen LogP contribution in [0, 0.1) is 0 Å². The topological polar surface area (TPSA) is 17.1 Å². The van der Waals surface area contributed by atoms with Crippen LogP contribution in [0.5, 0.6) is 0 Å². The first-order valence-corrected chi connectivity index (χ1v) is 2.52. The van der Waals surface area contributed by atoms with E-state index in [2.05, 4.69) is 0 Å². The van der Waals surface area contributed by atoms with Crippen molar-refractivity contribution in [3.63, 3.8) is 0 Å². The SMILES string of the molecule is [2H]C([2H])([2H])C([2H])([2H])C([2H])([2H])C([2H])([2H])C([2H])([2H])C([2H])([2H])C([2H])([2H])C(=O)Cl. The zero-order chi connectivity index (χ0) is 21.1. The molecule has 0 aromatic heterocycles. The van der Waals surface area contributed by atoms with Gasteiger partial charge in [-0.1, -0.05) is 32.3 Å². The Morgan fingerprint density at radius 3 is 2.80 bits per heavy atom. The molecule has 0 rings (SSSR count). The molecular formula is C8H15ClO. The van der Waals surface area contributed by atoms with Crippen LogP contribution in [0.4, 0.5) is 0 Å². The Balaban J connectivity index is 6.55. The maximum atomic E-state index is 11.1. The summed E-state index contributed by atoms with van der Waals surface area (Å²) in [6.45, 7) is -3.76. The van der Waals surface area contributed by atoms with E-state index in [1.807, 2.05) is 0 Å². The number of carbonyl (C=O) groups is 1. The van der Waals surface area contributed by atoms with Crippen LogP contribution in [0.3, 0.4) is 0 Å². The lowest BCUT2D eigenvalue weighted by Crippen LogP contribution is -1.85. The molecule has 0 saturated heterocycles. The van der Waals surface area contributed by atoms with Gasteiger partial charge in [0.25, 0.3) is 0 Å². The van der Waals surface area contributed by atoms with Crippen LogP contribution in [0.2, 0.25) is 0 Å². The highest BCUT2D eigenvalue weighted by Gasteiger charge is 1.94. The highest BCUT2D eigenvalue weighted by Crippen LogP contribution is 2.05. The summed E-state index contributed by atoms with van der Waals surface area (Å²) in [5.41, 5.74) is 0. The molecule has 10 heavy (non-hydrogen) atoms. The molecule has 0 saturated carbocycles. The second kappa shape index (κ2) is 7.07. The zero-order valence-electron chi connectivity index (χ0n) is 19.8. The minimum atomic E-state index is -4.24. The lowest BCUT2D eigenvalue weighted by Gasteiger charge is -1.95. The average Bonchev–Trinajstić information content (AvgIpc) is 2.35. The van der Waals surface area contributed by atoms with E-state index in [1.54, 1.807) is 0 Å². The summed E-state index contributed by atoms with van der Waals surface area (Å²) in [4.78, 5) is 11.1. The van der Waals surface area contributed by atoms with Crippen molar-refractivity contribution in [1.82, 2.24) is 0 Å². The molecule has 0 aliphatic carbocycles. The lowest BCUT2D eigenvalue weighted by molar-refractivity contribution is -0.111. The Morgan fingerprint density at radius 1 is 1.50 bits per heavy atom. The molecule has 0 fully saturated rings. The normalized spacial score (nSPS) is 41.9. The smallest absolute Gasteiger partial charge is 0.221 e. The van der Waals surface area contributed by atoms with Gasteiger partial charge in [0.15, 0.2) is 0 Å². The van der Waals surface area contributed by atoms with Crippen molar-refractivity contribution in [1.29, 1.82) is 0 Å². The fourth-order valence-corrected chi connectivity index (χ4v) is 0.221. The van der Waals surface area contributed by atoms with E-state index < -0.39 is 50.3 Å². The molecule has 0 amide bonds. The Hall–Kier alpha value is -0.0400. The Labute approximate surface area is 88.8 Å². The average molecular weight is 178 g/mol. The number of rotatable bonds is 6. The van der Waals surface area contributed by atoms with Crippen LogP contribution in [0.15, 0.2) is 0 Å². The van der Waals surface area contributed by atoms with Crippen molar-refractivity contribution < 1.29 is 25.4 Å². The predicted octanol–water partition coefficient (Wildman–Crippen LogP) is 3.11. The largest absolute Gasteiger partial charge is 0.281 e. The number of hydrogen-bond donors (Lipinski definition) is 0. The lowest BCUT2D eigenvalue weighted by atomic mass is 10.1. The van der Waals surface area contributed by atoms with E-state index in [0.29, 0.717) is 0 Å². The van der Waals surface area contributed by atoms with E-state index in [-0.39, 0.29) is 0 Å². The molecule has 0 aromatic rings. The molecule has 1 nitrogen and oxygen atoms in total. The molecular weight excluding hydrogens is 148 g/mol. The summed E-state index contributed by atoms with van der Waals surface area (Å²) in [6.07, 6.45) is -24.5. The van der Waals surface area contributed by atoms with Crippen LogP contribution in [-0.2, 0) is 4.79 Å². The highest BCUT2D eigenvalue weighted by atomic mass is 35.5. The highest BCUT2D eigenvalue weighted by molar-refractivity contribution is 6.63. The quantitative estimate of drug-likeness (QED) is 0.570. The fourth-order valence-electron chi connectivity index (χ4n) is 0.174. The minimum Gasteiger partial charge on any atom is -0.281 e. The Morgan fingerprint density at radius 2 is 2.20 bits per heavy atom. The molecule has 0 unspecified atom stereocenters. The van der Waals surface area contributed by atoms with Crippen LogP contribution in [-0.4, -0.2) is 5.24 Å². The van der Waals surface area contributed by atoms with Crippen molar-refractivity contribution in [2.24, 2.45) is 0 Å². The summed E-state index contributed by atoms with van der Waals surface area (Å²) in [6, 6.07) is 0. The summed E-state index contributed by atoms with van der Waals surface area (Å²) in [5, 5.41) is -2.03. The first-order valence-electron chi connectivity index (χ1n) is 9.64. The molecule has 0 spiro atoms. The zero-order valence-corrected chi connectivity index (χ0v) is 5.54. The van der Waals surface area contributed by atoms with Gasteiger partial charge in [0.2, 0.25) is 5.24 Å². The first kappa shape index (κ1) is 1.39. The van der Waals surface area contributed by atoms with Gasteiger partial charge in [-0.3, -0.25) is 4.79 Å². The van der Waals surface area contributed by atoms with Crippen LogP contribution < -0.4 is 0 Å². The molecule has 0 bridgehead atoms. The Bertz CT molecular complexity index is 532. The predicted molar refractivity (Wildman–Crippen MR) is 44.2 cm³/mol. The van der Waals surface area contributed by atoms with Gasteiger partial charge in [-0.2, -0.15) is 0 Å². The molecule has 0 radical (unpaired) electrons. The molecule has 0 atom stereocenters. The number of hydrogen-bond acceptors (Lipinski definition) is 1. The van der Waals surface area contributed by atoms with Gasteiger partial charge in [0.1, 0.15) is 0 Å². The van der Waals surface area contributed by atoms with Crippen LogP contribution in [0.25, 0.3) is 0 Å². The second-order valence-electron chi connectivity index (χ2n) is 1.02. The summed E-state index contributed by atoms with van der Waals surface area (Å²) >= 11 is 4.89. The molecule has 0 aromatic carbocycles. The number of halogens is 1. The second-order valence-corrected chi connectivity index (χ2v) is 1.37. The molecule has 2 heteroatoms. The third-order valence-electron chi connectivity index (χ3n) is 0.411. The van der Waals surface area contributed by atoms with E-state index in [1.165, 1.54) is 0 Å². The van der Waals surface area contributed by atoms with Crippen molar-refractivity contribution in [2.45, 2.75) is 45.1 Å². The van der Waals surface area contributed by atoms with Crippen molar-refractivity contribution >= 4 is 16.8 Å². The van der Waals surface area contributed by atoms with Gasteiger partial charge < -0.3 is 0 Å². The molecule has 0 aliphatic heterocycles. The summed E-state index contributed by atoms with van der Waals surface area (Å²) in [7, 11) is 0. The molecule has 0 heterocycles. The minimum absolute atomic E-state index is 2.03. The third kappa shape index (κ3) is 7.96. The van der Waals surface area contributed by atoms with Gasteiger partial charge in [0, 0.05) is 26.9 Å². The van der Waals surface area contributed by atoms with Crippen molar-refractivity contribution in [3.05, 3.63) is 0 Å². The van der Waals surface area contributed by atoms with Gasteiger partial charge in [-0.05, 0) is 18.0 Å². The molecule has 0 aliphatic rings. The molecule has 0 N–H and O–H groups in total.